The molecule has 2 heterocycles. The maximum absolute atomic E-state index is 12.4. The van der Waals surface area contributed by atoms with Gasteiger partial charge < -0.3 is 15.1 Å². The number of carbonyl (C=O) groups is 1. The molecule has 0 radical (unpaired) electrons. The molecule has 0 saturated carbocycles. The zero-order valence-corrected chi connectivity index (χ0v) is 16.5. The second kappa shape index (κ2) is 8.78. The van der Waals surface area contributed by atoms with Crippen LogP contribution >= 0.6 is 23.4 Å². The minimum atomic E-state index is -0.110. The molecule has 3 rings (SSSR count). The number of nitriles is 1. The molecule has 2 aromatic heterocycles. The van der Waals surface area contributed by atoms with Gasteiger partial charge in [-0.05, 0) is 36.4 Å². The summed E-state index contributed by atoms with van der Waals surface area (Å²) in [6, 6.07) is 12.9. The first-order chi connectivity index (χ1) is 13.5. The molecular weight excluding hydrogens is 398 g/mol. The molecule has 142 valence electrons. The van der Waals surface area contributed by atoms with E-state index in [0.717, 1.165) is 17.3 Å². The molecular formula is C19H16ClN5O2S. The van der Waals surface area contributed by atoms with Crippen molar-refractivity contribution in [3.05, 3.63) is 58.9 Å². The molecule has 0 saturated heterocycles. The zero-order chi connectivity index (χ0) is 20.1. The molecule has 0 fully saturated rings. The van der Waals surface area contributed by atoms with Gasteiger partial charge in [-0.2, -0.15) is 5.26 Å². The molecule has 9 heteroatoms. The van der Waals surface area contributed by atoms with Gasteiger partial charge in [-0.15, -0.1) is 0 Å². The Labute approximate surface area is 171 Å². The van der Waals surface area contributed by atoms with E-state index in [1.54, 1.807) is 24.1 Å². The van der Waals surface area contributed by atoms with Gasteiger partial charge in [0.05, 0.1) is 18.5 Å². The first-order valence-corrected chi connectivity index (χ1v) is 9.56. The van der Waals surface area contributed by atoms with Gasteiger partial charge in [-0.3, -0.25) is 4.79 Å². The smallest absolute Gasteiger partial charge is 0.233 e. The molecule has 2 N–H and O–H groups in total. The van der Waals surface area contributed by atoms with Crippen molar-refractivity contribution in [2.75, 3.05) is 18.5 Å². The fourth-order valence-corrected chi connectivity index (χ4v) is 3.21. The zero-order valence-electron chi connectivity index (χ0n) is 14.9. The van der Waals surface area contributed by atoms with E-state index < -0.39 is 0 Å². The lowest BCUT2D eigenvalue weighted by Crippen LogP contribution is -2.27. The quantitative estimate of drug-likeness (QED) is 0.485. The average Bonchev–Trinajstić information content (AvgIpc) is 3.15. The maximum Gasteiger partial charge on any atom is 0.233 e. The van der Waals surface area contributed by atoms with Crippen molar-refractivity contribution in [3.8, 4) is 17.4 Å². The number of amides is 1. The number of hydrogen-bond acceptors (Lipinski definition) is 7. The maximum atomic E-state index is 12.4. The Morgan fingerprint density at radius 1 is 1.32 bits per heavy atom. The van der Waals surface area contributed by atoms with E-state index in [1.807, 2.05) is 30.3 Å². The molecule has 0 spiro atoms. The summed E-state index contributed by atoms with van der Waals surface area (Å²) >= 11 is 7.06. The van der Waals surface area contributed by atoms with Crippen molar-refractivity contribution in [2.45, 2.75) is 11.7 Å². The standard InChI is InChI=1S/C19H16ClN5O2S/c1-25(17(26)11-28-19-23-9-13(8-21)18(22)24-19)10-15-6-7-16(27-15)12-2-4-14(20)5-3-12/h2-7,9H,10-11H2,1H3,(H2,22,23,24). The Hall–Kier alpha value is -3.02. The van der Waals surface area contributed by atoms with Crippen molar-refractivity contribution in [1.29, 1.82) is 5.26 Å². The molecule has 28 heavy (non-hydrogen) atoms. The Kier molecular flexibility index (Phi) is 6.19. The summed E-state index contributed by atoms with van der Waals surface area (Å²) < 4.78 is 5.82. The number of halogens is 1. The van der Waals surface area contributed by atoms with E-state index in [0.29, 0.717) is 28.2 Å². The highest BCUT2D eigenvalue weighted by Gasteiger charge is 2.14. The number of thioether (sulfide) groups is 1. The Balaban J connectivity index is 1.56. The number of benzene rings is 1. The molecule has 3 aromatic rings. The second-order valence-electron chi connectivity index (χ2n) is 5.87. The van der Waals surface area contributed by atoms with Crippen molar-refractivity contribution >= 4 is 35.1 Å². The van der Waals surface area contributed by atoms with Crippen LogP contribution in [0.5, 0.6) is 0 Å². The normalized spacial score (nSPS) is 10.5. The van der Waals surface area contributed by atoms with E-state index in [-0.39, 0.29) is 23.0 Å². The number of nitrogens with two attached hydrogens (primary N) is 1. The molecule has 7 nitrogen and oxygen atoms in total. The summed E-state index contributed by atoms with van der Waals surface area (Å²) in [5.41, 5.74) is 6.78. The highest BCUT2D eigenvalue weighted by molar-refractivity contribution is 7.99. The van der Waals surface area contributed by atoms with Crippen LogP contribution in [0.25, 0.3) is 11.3 Å². The molecule has 0 aliphatic carbocycles. The largest absolute Gasteiger partial charge is 0.459 e. The summed E-state index contributed by atoms with van der Waals surface area (Å²) in [4.78, 5) is 21.9. The number of aromatic nitrogens is 2. The Morgan fingerprint density at radius 2 is 2.07 bits per heavy atom. The number of nitrogen functional groups attached to an aromatic ring is 1. The van der Waals surface area contributed by atoms with Crippen LogP contribution in [0.4, 0.5) is 5.82 Å². The van der Waals surface area contributed by atoms with Crippen LogP contribution < -0.4 is 5.73 Å². The van der Waals surface area contributed by atoms with Crippen molar-refractivity contribution in [1.82, 2.24) is 14.9 Å². The fraction of sp³-hybridized carbons (Fsp3) is 0.158. The van der Waals surface area contributed by atoms with Crippen molar-refractivity contribution in [3.63, 3.8) is 0 Å². The minimum absolute atomic E-state index is 0.103. The van der Waals surface area contributed by atoms with Crippen LogP contribution in [0.1, 0.15) is 11.3 Å². The third-order valence-electron chi connectivity index (χ3n) is 3.85. The summed E-state index contributed by atoms with van der Waals surface area (Å²) in [6.45, 7) is 0.337. The van der Waals surface area contributed by atoms with Gasteiger partial charge >= 0.3 is 0 Å². The number of anilines is 1. The van der Waals surface area contributed by atoms with Gasteiger partial charge in [0.25, 0.3) is 0 Å². The van der Waals surface area contributed by atoms with Crippen LogP contribution in [-0.4, -0.2) is 33.6 Å². The summed E-state index contributed by atoms with van der Waals surface area (Å²) in [6.07, 6.45) is 1.35. The van der Waals surface area contributed by atoms with E-state index >= 15 is 0 Å². The molecule has 1 aromatic carbocycles. The molecule has 0 atom stereocenters. The molecule has 1 amide bonds. The topological polar surface area (TPSA) is 109 Å². The second-order valence-corrected chi connectivity index (χ2v) is 7.25. The highest BCUT2D eigenvalue weighted by Crippen LogP contribution is 2.24. The highest BCUT2D eigenvalue weighted by atomic mass is 35.5. The van der Waals surface area contributed by atoms with E-state index in [1.165, 1.54) is 6.20 Å². The number of hydrogen-bond donors (Lipinski definition) is 1. The summed E-state index contributed by atoms with van der Waals surface area (Å²) in [7, 11) is 1.70. The van der Waals surface area contributed by atoms with Crippen LogP contribution in [0.15, 0.2) is 52.2 Å². The average molecular weight is 414 g/mol. The first kappa shape index (κ1) is 19.7. The number of nitrogens with zero attached hydrogens (tertiary/aromatic N) is 4. The lowest BCUT2D eigenvalue weighted by atomic mass is 10.2. The van der Waals surface area contributed by atoms with Gasteiger partial charge in [-0.25, -0.2) is 9.97 Å². The number of rotatable bonds is 6. The van der Waals surface area contributed by atoms with Gasteiger partial charge in [0.15, 0.2) is 5.16 Å². The molecule has 0 unspecified atom stereocenters. The molecule has 0 bridgehead atoms. The van der Waals surface area contributed by atoms with Crippen LogP contribution in [0.2, 0.25) is 5.02 Å². The van der Waals surface area contributed by atoms with Gasteiger partial charge in [-0.1, -0.05) is 23.4 Å². The van der Waals surface area contributed by atoms with Crippen molar-refractivity contribution < 1.29 is 9.21 Å². The predicted octanol–water partition coefficient (Wildman–Crippen LogP) is 3.59. The van der Waals surface area contributed by atoms with Crippen LogP contribution in [0, 0.1) is 11.3 Å². The lowest BCUT2D eigenvalue weighted by molar-refractivity contribution is -0.127. The SMILES string of the molecule is CN(Cc1ccc(-c2ccc(Cl)cc2)o1)C(=O)CSc1ncc(C#N)c(N)n1. The monoisotopic (exact) mass is 413 g/mol. The van der Waals surface area contributed by atoms with E-state index in [4.69, 9.17) is 27.0 Å². The number of carbonyl (C=O) groups excluding carboxylic acids is 1. The van der Waals surface area contributed by atoms with Crippen molar-refractivity contribution in [2.24, 2.45) is 0 Å². The van der Waals surface area contributed by atoms with E-state index in [2.05, 4.69) is 9.97 Å². The van der Waals surface area contributed by atoms with Gasteiger partial charge in [0.2, 0.25) is 5.91 Å². The molecule has 0 aliphatic heterocycles. The summed E-state index contributed by atoms with van der Waals surface area (Å²) in [5.74, 6) is 1.52. The van der Waals surface area contributed by atoms with Crippen LogP contribution in [0.3, 0.4) is 0 Å². The first-order valence-electron chi connectivity index (χ1n) is 8.20. The third-order valence-corrected chi connectivity index (χ3v) is 4.95. The van der Waals surface area contributed by atoms with E-state index in [9.17, 15) is 4.79 Å². The Morgan fingerprint density at radius 3 is 2.75 bits per heavy atom. The van der Waals surface area contributed by atoms with Gasteiger partial charge in [0, 0.05) is 17.6 Å². The van der Waals surface area contributed by atoms with Gasteiger partial charge in [0.1, 0.15) is 29.0 Å². The summed E-state index contributed by atoms with van der Waals surface area (Å²) in [5, 5.41) is 9.84. The number of furan rings is 1. The fourth-order valence-electron chi connectivity index (χ4n) is 2.32. The lowest BCUT2D eigenvalue weighted by Gasteiger charge is -2.15. The Bertz CT molecular complexity index is 1030. The third kappa shape index (κ3) is 4.82. The molecule has 0 aliphatic rings. The predicted molar refractivity (Wildman–Crippen MR) is 108 cm³/mol. The van der Waals surface area contributed by atoms with Crippen LogP contribution in [-0.2, 0) is 11.3 Å². The minimum Gasteiger partial charge on any atom is -0.459 e.